The van der Waals surface area contributed by atoms with E-state index in [2.05, 4.69) is 10.3 Å². The van der Waals surface area contributed by atoms with Crippen LogP contribution in [0, 0.1) is 0 Å². The Balaban J connectivity index is 1.63. The van der Waals surface area contributed by atoms with E-state index in [0.717, 1.165) is 28.0 Å². The monoisotopic (exact) mass is 493 g/mol. The van der Waals surface area contributed by atoms with Crippen molar-refractivity contribution in [3.05, 3.63) is 132 Å². The third-order valence-electron chi connectivity index (χ3n) is 6.19. The Morgan fingerprint density at radius 1 is 0.811 bits per heavy atom. The molecular formula is C31H31N3O3. The predicted octanol–water partition coefficient (Wildman–Crippen LogP) is 5.11. The van der Waals surface area contributed by atoms with Crippen molar-refractivity contribution in [2.45, 2.75) is 32.0 Å². The molecule has 3 aromatic carbocycles. The molecule has 6 heteroatoms. The highest BCUT2D eigenvalue weighted by Crippen LogP contribution is 2.26. The number of rotatable bonds is 11. The van der Waals surface area contributed by atoms with E-state index >= 15 is 0 Å². The summed E-state index contributed by atoms with van der Waals surface area (Å²) in [5.74, 6) is 0.414. The maximum Gasteiger partial charge on any atom is 0.247 e. The molecule has 0 unspecified atom stereocenters. The first kappa shape index (κ1) is 25.6. The van der Waals surface area contributed by atoms with Crippen LogP contribution in [0.1, 0.15) is 34.7 Å². The minimum Gasteiger partial charge on any atom is -0.497 e. The van der Waals surface area contributed by atoms with Gasteiger partial charge in [0.05, 0.1) is 7.11 Å². The maximum absolute atomic E-state index is 13.8. The molecule has 0 fully saturated rings. The smallest absolute Gasteiger partial charge is 0.247 e. The van der Waals surface area contributed by atoms with Gasteiger partial charge in [-0.2, -0.15) is 0 Å². The molecule has 0 spiro atoms. The summed E-state index contributed by atoms with van der Waals surface area (Å²) in [6, 6.07) is 29.9. The summed E-state index contributed by atoms with van der Waals surface area (Å²) >= 11 is 0. The minimum atomic E-state index is -0.784. The fourth-order valence-electron chi connectivity index (χ4n) is 4.19. The van der Waals surface area contributed by atoms with Gasteiger partial charge in [0.2, 0.25) is 11.8 Å². The Labute approximate surface area is 217 Å². The second kappa shape index (κ2) is 13.0. The predicted molar refractivity (Wildman–Crippen MR) is 144 cm³/mol. The Kier molecular flexibility index (Phi) is 9.02. The highest BCUT2D eigenvalue weighted by Gasteiger charge is 2.31. The summed E-state index contributed by atoms with van der Waals surface area (Å²) in [5.41, 5.74) is 3.69. The van der Waals surface area contributed by atoms with E-state index in [0.29, 0.717) is 25.9 Å². The van der Waals surface area contributed by atoms with Crippen LogP contribution in [0.2, 0.25) is 0 Å². The highest BCUT2D eigenvalue weighted by molar-refractivity contribution is 5.88. The van der Waals surface area contributed by atoms with Crippen LogP contribution in [0.25, 0.3) is 0 Å². The summed E-state index contributed by atoms with van der Waals surface area (Å²) < 4.78 is 5.29. The lowest BCUT2D eigenvalue weighted by Crippen LogP contribution is -2.43. The Bertz CT molecular complexity index is 1260. The average molecular weight is 494 g/mol. The molecule has 4 aromatic rings. The van der Waals surface area contributed by atoms with Crippen LogP contribution >= 0.6 is 0 Å². The number of benzene rings is 3. The summed E-state index contributed by atoms with van der Waals surface area (Å²) in [6.07, 6.45) is 4.28. The second-order valence-corrected chi connectivity index (χ2v) is 8.74. The number of nitrogens with zero attached hydrogens (tertiary/aromatic N) is 2. The van der Waals surface area contributed by atoms with E-state index in [-0.39, 0.29) is 11.8 Å². The number of carbonyl (C=O) groups is 2. The largest absolute Gasteiger partial charge is 0.497 e. The number of carbonyl (C=O) groups excluding carboxylic acids is 2. The second-order valence-electron chi connectivity index (χ2n) is 8.74. The average Bonchev–Trinajstić information content (AvgIpc) is 2.96. The number of hydrogen-bond acceptors (Lipinski definition) is 4. The van der Waals surface area contributed by atoms with Crippen molar-refractivity contribution in [2.75, 3.05) is 7.11 Å². The van der Waals surface area contributed by atoms with Gasteiger partial charge in [0.1, 0.15) is 11.8 Å². The van der Waals surface area contributed by atoms with Gasteiger partial charge in [0, 0.05) is 31.9 Å². The van der Waals surface area contributed by atoms with Gasteiger partial charge in [-0.1, -0.05) is 72.8 Å². The van der Waals surface area contributed by atoms with Crippen LogP contribution in [-0.2, 0) is 29.1 Å². The van der Waals surface area contributed by atoms with Crippen LogP contribution in [0.4, 0.5) is 0 Å². The first-order chi connectivity index (χ1) is 18.1. The van der Waals surface area contributed by atoms with Crippen LogP contribution in [-0.4, -0.2) is 28.8 Å². The molecule has 0 aliphatic rings. The SMILES string of the molecule is COc1ccc(CN(C(=O)CCc2ccccc2)[C@@H](C(=O)NCc2ccncc2)c2ccccc2)cc1. The molecule has 0 bridgehead atoms. The number of ether oxygens (including phenoxy) is 1. The maximum atomic E-state index is 13.8. The molecule has 4 rings (SSSR count). The first-order valence-corrected chi connectivity index (χ1v) is 12.3. The van der Waals surface area contributed by atoms with E-state index < -0.39 is 6.04 Å². The number of nitrogens with one attached hydrogen (secondary N) is 1. The molecule has 0 aliphatic carbocycles. The van der Waals surface area contributed by atoms with Gasteiger partial charge in [0.25, 0.3) is 0 Å². The summed E-state index contributed by atoms with van der Waals surface area (Å²) in [4.78, 5) is 33.2. The number of methoxy groups -OCH3 is 1. The van der Waals surface area contributed by atoms with Crippen LogP contribution < -0.4 is 10.1 Å². The molecule has 188 valence electrons. The molecule has 0 saturated carbocycles. The standard InChI is InChI=1S/C31H31N3O3/c1-37-28-15-12-26(13-16-28)23-34(29(35)17-14-24-8-4-2-5-9-24)30(27-10-6-3-7-11-27)31(36)33-22-25-18-20-32-21-19-25/h2-13,15-16,18-21,30H,14,17,22-23H2,1H3,(H,33,36)/t30-/m1/s1. The van der Waals surface area contributed by atoms with Gasteiger partial charge in [0.15, 0.2) is 0 Å². The van der Waals surface area contributed by atoms with E-state index in [1.165, 1.54) is 0 Å². The molecule has 1 atom stereocenters. The first-order valence-electron chi connectivity index (χ1n) is 12.3. The lowest BCUT2D eigenvalue weighted by molar-refractivity contribution is -0.141. The lowest BCUT2D eigenvalue weighted by Gasteiger charge is -2.32. The van der Waals surface area contributed by atoms with Crippen molar-refractivity contribution < 1.29 is 14.3 Å². The molecule has 0 saturated heterocycles. The van der Waals surface area contributed by atoms with Gasteiger partial charge in [-0.3, -0.25) is 14.6 Å². The topological polar surface area (TPSA) is 71.5 Å². The van der Waals surface area contributed by atoms with Gasteiger partial charge >= 0.3 is 0 Å². The van der Waals surface area contributed by atoms with Gasteiger partial charge in [-0.15, -0.1) is 0 Å². The number of pyridine rings is 1. The molecule has 1 heterocycles. The number of aryl methyl sites for hydroxylation is 1. The summed E-state index contributed by atoms with van der Waals surface area (Å²) in [7, 11) is 1.62. The van der Waals surface area contributed by atoms with Crippen molar-refractivity contribution in [3.8, 4) is 5.75 Å². The molecule has 1 N–H and O–H groups in total. The lowest BCUT2D eigenvalue weighted by atomic mass is 10.0. The van der Waals surface area contributed by atoms with Crippen molar-refractivity contribution in [1.29, 1.82) is 0 Å². The van der Waals surface area contributed by atoms with Crippen molar-refractivity contribution in [2.24, 2.45) is 0 Å². The Morgan fingerprint density at radius 3 is 2.11 bits per heavy atom. The summed E-state index contributed by atoms with van der Waals surface area (Å²) in [5, 5.41) is 3.03. The molecule has 0 aliphatic heterocycles. The quantitative estimate of drug-likeness (QED) is 0.315. The van der Waals surface area contributed by atoms with E-state index in [9.17, 15) is 9.59 Å². The van der Waals surface area contributed by atoms with Gasteiger partial charge in [-0.05, 0) is 52.9 Å². The van der Waals surface area contributed by atoms with Gasteiger partial charge in [-0.25, -0.2) is 0 Å². The molecule has 2 amide bonds. The zero-order chi connectivity index (χ0) is 25.9. The fraction of sp³-hybridized carbons (Fsp3) is 0.194. The zero-order valence-electron chi connectivity index (χ0n) is 20.9. The Morgan fingerprint density at radius 2 is 1.46 bits per heavy atom. The summed E-state index contributed by atoms with van der Waals surface area (Å²) in [6.45, 7) is 0.638. The molecule has 1 aromatic heterocycles. The number of amides is 2. The molecule has 6 nitrogen and oxygen atoms in total. The van der Waals surface area contributed by atoms with Crippen LogP contribution in [0.5, 0.6) is 5.75 Å². The van der Waals surface area contributed by atoms with Crippen molar-refractivity contribution in [3.63, 3.8) is 0 Å². The Hall–Kier alpha value is -4.45. The molecular weight excluding hydrogens is 462 g/mol. The van der Waals surface area contributed by atoms with Crippen LogP contribution in [0.3, 0.4) is 0 Å². The van der Waals surface area contributed by atoms with E-state index in [1.807, 2.05) is 97.1 Å². The van der Waals surface area contributed by atoms with Crippen molar-refractivity contribution >= 4 is 11.8 Å². The minimum absolute atomic E-state index is 0.0902. The van der Waals surface area contributed by atoms with E-state index in [4.69, 9.17) is 4.74 Å². The van der Waals surface area contributed by atoms with Crippen molar-refractivity contribution in [1.82, 2.24) is 15.2 Å². The van der Waals surface area contributed by atoms with Gasteiger partial charge < -0.3 is 15.0 Å². The molecule has 0 radical (unpaired) electrons. The zero-order valence-corrected chi connectivity index (χ0v) is 20.9. The van der Waals surface area contributed by atoms with E-state index in [1.54, 1.807) is 24.4 Å². The normalized spacial score (nSPS) is 11.4. The fourth-order valence-corrected chi connectivity index (χ4v) is 4.19. The number of hydrogen-bond donors (Lipinski definition) is 1. The highest BCUT2D eigenvalue weighted by atomic mass is 16.5. The third-order valence-corrected chi connectivity index (χ3v) is 6.19. The third kappa shape index (κ3) is 7.27. The molecule has 37 heavy (non-hydrogen) atoms. The number of aromatic nitrogens is 1. The van der Waals surface area contributed by atoms with Crippen LogP contribution in [0.15, 0.2) is 109 Å².